The third-order valence-electron chi connectivity index (χ3n) is 2.28. The number of nitrogens with one attached hydrogen (secondary N) is 2. The van der Waals surface area contributed by atoms with Crippen molar-refractivity contribution in [2.45, 2.75) is 18.8 Å². The second-order valence-corrected chi connectivity index (χ2v) is 3.61. The Balaban J connectivity index is 3.16. The first-order valence-electron chi connectivity index (χ1n) is 5.34. The lowest BCUT2D eigenvalue weighted by Gasteiger charge is -2.23. The molecule has 0 heterocycles. The topological polar surface area (TPSA) is 50.4 Å². The van der Waals surface area contributed by atoms with Crippen molar-refractivity contribution in [2.24, 2.45) is 0 Å². The van der Waals surface area contributed by atoms with Gasteiger partial charge in [-0.1, -0.05) is 18.2 Å². The Morgan fingerprint density at radius 2 is 1.85 bits per heavy atom. The lowest BCUT2D eigenvalue weighted by molar-refractivity contribution is -0.156. The smallest absolute Gasteiger partial charge is 0.413 e. The minimum absolute atomic E-state index is 0.607. The minimum Gasteiger partial charge on any atom is -0.434 e. The average Bonchev–Trinajstić information content (AvgIpc) is 2.34. The van der Waals surface area contributed by atoms with Crippen molar-refractivity contribution in [2.75, 3.05) is 7.05 Å². The SMILES string of the molecule is CNC(=O)N[C@H](c1ccccc1OC(F)F)C(F)(F)F. The third kappa shape index (κ3) is 4.25. The van der Waals surface area contributed by atoms with Crippen molar-refractivity contribution in [3.05, 3.63) is 29.8 Å². The maximum atomic E-state index is 12.9. The third-order valence-corrected chi connectivity index (χ3v) is 2.28. The molecule has 20 heavy (non-hydrogen) atoms. The fourth-order valence-corrected chi connectivity index (χ4v) is 1.46. The lowest BCUT2D eigenvalue weighted by Crippen LogP contribution is -2.42. The Morgan fingerprint density at radius 1 is 1.25 bits per heavy atom. The van der Waals surface area contributed by atoms with Gasteiger partial charge in [0.1, 0.15) is 5.75 Å². The zero-order chi connectivity index (χ0) is 15.3. The van der Waals surface area contributed by atoms with Crippen LogP contribution in [0.15, 0.2) is 24.3 Å². The van der Waals surface area contributed by atoms with Crippen LogP contribution in [0.4, 0.5) is 26.7 Å². The summed E-state index contributed by atoms with van der Waals surface area (Å²) in [5.41, 5.74) is -0.607. The van der Waals surface area contributed by atoms with E-state index in [1.807, 2.05) is 5.32 Å². The van der Waals surface area contributed by atoms with Crippen LogP contribution in [0.1, 0.15) is 11.6 Å². The van der Waals surface area contributed by atoms with E-state index in [0.29, 0.717) is 0 Å². The number of halogens is 5. The van der Waals surface area contributed by atoms with Gasteiger partial charge >= 0.3 is 18.8 Å². The number of ether oxygens (including phenoxy) is 1. The Morgan fingerprint density at radius 3 is 2.35 bits per heavy atom. The molecule has 1 atom stereocenters. The molecule has 0 saturated carbocycles. The van der Waals surface area contributed by atoms with E-state index in [-0.39, 0.29) is 0 Å². The quantitative estimate of drug-likeness (QED) is 0.840. The summed E-state index contributed by atoms with van der Waals surface area (Å²) in [6, 6.07) is 0.820. The lowest BCUT2D eigenvalue weighted by atomic mass is 10.1. The fourth-order valence-electron chi connectivity index (χ4n) is 1.46. The predicted octanol–water partition coefficient (Wildman–Crippen LogP) is 2.82. The monoisotopic (exact) mass is 298 g/mol. The van der Waals surface area contributed by atoms with Crippen molar-refractivity contribution >= 4 is 6.03 Å². The van der Waals surface area contributed by atoms with E-state index >= 15 is 0 Å². The largest absolute Gasteiger partial charge is 0.434 e. The molecule has 0 spiro atoms. The molecule has 1 aromatic carbocycles. The Kier molecular flexibility index (Phi) is 5.12. The summed E-state index contributed by atoms with van der Waals surface area (Å²) in [6.07, 6.45) is -4.87. The first-order valence-corrected chi connectivity index (χ1v) is 5.34. The van der Waals surface area contributed by atoms with Gasteiger partial charge in [0, 0.05) is 12.6 Å². The molecule has 2 amide bonds. The summed E-state index contributed by atoms with van der Waals surface area (Å²) in [6.45, 7) is -3.27. The van der Waals surface area contributed by atoms with Crippen molar-refractivity contribution in [3.63, 3.8) is 0 Å². The number of rotatable bonds is 4. The second-order valence-electron chi connectivity index (χ2n) is 3.61. The molecule has 112 valence electrons. The molecule has 2 N–H and O–H groups in total. The van der Waals surface area contributed by atoms with E-state index in [1.54, 1.807) is 5.32 Å². The number of carbonyl (C=O) groups excluding carboxylic acids is 1. The number of hydrogen-bond donors (Lipinski definition) is 2. The van der Waals surface area contributed by atoms with Crippen LogP contribution in [0.2, 0.25) is 0 Å². The number of benzene rings is 1. The Labute approximate surface area is 110 Å². The Bertz CT molecular complexity index is 464. The summed E-state index contributed by atoms with van der Waals surface area (Å²) in [4.78, 5) is 11.1. The molecular weight excluding hydrogens is 287 g/mol. The van der Waals surface area contributed by atoms with Crippen LogP contribution >= 0.6 is 0 Å². The van der Waals surface area contributed by atoms with Crippen LogP contribution in [-0.2, 0) is 0 Å². The van der Waals surface area contributed by atoms with E-state index in [4.69, 9.17) is 0 Å². The maximum absolute atomic E-state index is 12.9. The molecule has 9 heteroatoms. The van der Waals surface area contributed by atoms with Crippen LogP contribution in [-0.4, -0.2) is 25.9 Å². The number of amides is 2. The van der Waals surface area contributed by atoms with Crippen LogP contribution in [0.3, 0.4) is 0 Å². The van der Waals surface area contributed by atoms with E-state index in [2.05, 4.69) is 4.74 Å². The van der Waals surface area contributed by atoms with Crippen LogP contribution in [0, 0.1) is 0 Å². The van der Waals surface area contributed by atoms with Gasteiger partial charge in [0.05, 0.1) is 0 Å². The zero-order valence-corrected chi connectivity index (χ0v) is 10.2. The summed E-state index contributed by atoms with van der Waals surface area (Å²) >= 11 is 0. The second kappa shape index (κ2) is 6.40. The molecule has 1 rings (SSSR count). The Hall–Kier alpha value is -2.06. The standard InChI is InChI=1S/C11H11F5N2O2/c1-17-10(19)18-8(11(14,15)16)6-4-2-3-5-7(6)20-9(12)13/h2-5,8-9H,1H3,(H2,17,18,19)/t8-/m1/s1. The molecule has 0 aromatic heterocycles. The summed E-state index contributed by atoms with van der Waals surface area (Å²) in [7, 11) is 1.13. The van der Waals surface area contributed by atoms with Gasteiger partial charge in [0.2, 0.25) is 0 Å². The van der Waals surface area contributed by atoms with Gasteiger partial charge in [-0.15, -0.1) is 0 Å². The molecule has 4 nitrogen and oxygen atoms in total. The molecule has 0 aliphatic rings. The highest BCUT2D eigenvalue weighted by Crippen LogP contribution is 2.37. The van der Waals surface area contributed by atoms with Crippen molar-refractivity contribution in [3.8, 4) is 5.75 Å². The number of para-hydroxylation sites is 1. The van der Waals surface area contributed by atoms with Crippen LogP contribution < -0.4 is 15.4 Å². The predicted molar refractivity (Wildman–Crippen MR) is 59.5 cm³/mol. The first kappa shape index (κ1) is 16.0. The summed E-state index contributed by atoms with van der Waals surface area (Å²) in [5, 5.41) is 3.60. The van der Waals surface area contributed by atoms with Gasteiger partial charge in [0.25, 0.3) is 0 Å². The van der Waals surface area contributed by atoms with Gasteiger partial charge in [0.15, 0.2) is 6.04 Å². The summed E-state index contributed by atoms with van der Waals surface area (Å²) in [5.74, 6) is -0.652. The van der Waals surface area contributed by atoms with Crippen LogP contribution in [0.25, 0.3) is 0 Å². The van der Waals surface area contributed by atoms with Gasteiger partial charge in [-0.05, 0) is 6.07 Å². The average molecular weight is 298 g/mol. The van der Waals surface area contributed by atoms with Crippen molar-refractivity contribution in [1.29, 1.82) is 0 Å². The van der Waals surface area contributed by atoms with E-state index in [9.17, 15) is 26.7 Å². The normalized spacial score (nSPS) is 12.9. The highest BCUT2D eigenvalue weighted by molar-refractivity contribution is 5.74. The molecule has 0 bridgehead atoms. The number of carbonyl (C=O) groups is 1. The molecule has 0 aliphatic heterocycles. The van der Waals surface area contributed by atoms with Crippen LogP contribution in [0.5, 0.6) is 5.75 Å². The first-order chi connectivity index (χ1) is 9.25. The van der Waals surface area contributed by atoms with E-state index < -0.39 is 36.2 Å². The molecule has 1 aromatic rings. The molecular formula is C11H11F5N2O2. The van der Waals surface area contributed by atoms with Gasteiger partial charge in [-0.2, -0.15) is 22.0 Å². The number of hydrogen-bond acceptors (Lipinski definition) is 2. The summed E-state index contributed by atoms with van der Waals surface area (Å²) < 4.78 is 67.2. The minimum atomic E-state index is -4.87. The molecule has 0 unspecified atom stereocenters. The van der Waals surface area contributed by atoms with Gasteiger partial charge in [-0.3, -0.25) is 0 Å². The number of urea groups is 1. The molecule has 0 saturated heterocycles. The highest BCUT2D eigenvalue weighted by atomic mass is 19.4. The van der Waals surface area contributed by atoms with E-state index in [1.165, 1.54) is 12.1 Å². The number of alkyl halides is 5. The fraction of sp³-hybridized carbons (Fsp3) is 0.364. The molecule has 0 aliphatic carbocycles. The van der Waals surface area contributed by atoms with Gasteiger partial charge < -0.3 is 15.4 Å². The maximum Gasteiger partial charge on any atom is 0.413 e. The zero-order valence-electron chi connectivity index (χ0n) is 10.2. The molecule has 0 fully saturated rings. The molecule has 0 radical (unpaired) electrons. The van der Waals surface area contributed by atoms with Gasteiger partial charge in [-0.25, -0.2) is 4.79 Å². The van der Waals surface area contributed by atoms with Crippen molar-refractivity contribution < 1.29 is 31.5 Å². The van der Waals surface area contributed by atoms with E-state index in [0.717, 1.165) is 19.2 Å². The van der Waals surface area contributed by atoms with Crippen molar-refractivity contribution in [1.82, 2.24) is 10.6 Å². The highest BCUT2D eigenvalue weighted by Gasteiger charge is 2.43.